The van der Waals surface area contributed by atoms with Crippen LogP contribution in [0.5, 0.6) is 5.75 Å². The molecule has 0 heterocycles. The van der Waals surface area contributed by atoms with Crippen molar-refractivity contribution in [1.29, 1.82) is 0 Å². The molecule has 7 heteroatoms. The number of thiocarbonyl (C=S) groups is 1. The predicted molar refractivity (Wildman–Crippen MR) is 116 cm³/mol. The first-order chi connectivity index (χ1) is 14.0. The zero-order chi connectivity index (χ0) is 20.8. The Bertz CT molecular complexity index is 1080. The van der Waals surface area contributed by atoms with Crippen LogP contribution < -0.4 is 10.1 Å². The number of carbonyl (C=O) groups is 1. The summed E-state index contributed by atoms with van der Waals surface area (Å²) in [5, 5.41) is 5.51. The molecule has 3 aromatic rings. The van der Waals surface area contributed by atoms with Crippen molar-refractivity contribution >= 4 is 52.0 Å². The van der Waals surface area contributed by atoms with Gasteiger partial charge in [0.1, 0.15) is 11.6 Å². The van der Waals surface area contributed by atoms with Gasteiger partial charge in [-0.2, -0.15) is 4.99 Å². The van der Waals surface area contributed by atoms with E-state index in [1.165, 1.54) is 12.1 Å². The molecule has 4 nitrogen and oxygen atoms in total. The lowest BCUT2D eigenvalue weighted by molar-refractivity contribution is -0.133. The van der Waals surface area contributed by atoms with E-state index < -0.39 is 11.8 Å². The van der Waals surface area contributed by atoms with Crippen molar-refractivity contribution in [3.8, 4) is 5.75 Å². The zero-order valence-corrected chi connectivity index (χ0v) is 17.0. The average molecular weight is 427 g/mol. The van der Waals surface area contributed by atoms with Crippen molar-refractivity contribution in [1.82, 2.24) is 0 Å². The Morgan fingerprint density at radius 3 is 2.66 bits per heavy atom. The van der Waals surface area contributed by atoms with E-state index in [9.17, 15) is 9.18 Å². The van der Waals surface area contributed by atoms with E-state index in [2.05, 4.69) is 27.7 Å². The van der Waals surface area contributed by atoms with Crippen molar-refractivity contribution in [2.24, 2.45) is 4.99 Å². The molecule has 1 N–H and O–H groups in total. The van der Waals surface area contributed by atoms with E-state index in [4.69, 9.17) is 16.3 Å². The maximum atomic E-state index is 14.1. The molecule has 3 aromatic carbocycles. The van der Waals surface area contributed by atoms with Crippen LogP contribution in [0.2, 0.25) is 5.02 Å². The molecule has 0 aromatic heterocycles. The lowest BCUT2D eigenvalue weighted by Crippen LogP contribution is -2.12. The maximum absolute atomic E-state index is 14.1. The molecule has 0 spiro atoms. The molecule has 0 saturated heterocycles. The molecule has 0 aliphatic carbocycles. The van der Waals surface area contributed by atoms with Crippen LogP contribution >= 0.6 is 23.8 Å². The van der Waals surface area contributed by atoms with Gasteiger partial charge >= 0.3 is 5.97 Å². The standard InChI is InChI=1S/C22H16ClFN2O2S/c1-14-5-10-20(26-22-18(23)3-2-4-19(22)24)15(11-14)12-21(27)28-17-8-6-16(7-9-17)25-13-29/h2-11,26H,12H2,1H3. The molecule has 0 aliphatic heterocycles. The van der Waals surface area contributed by atoms with Gasteiger partial charge in [-0.25, -0.2) is 4.39 Å². The Morgan fingerprint density at radius 1 is 1.21 bits per heavy atom. The molecule has 146 valence electrons. The monoisotopic (exact) mass is 426 g/mol. The van der Waals surface area contributed by atoms with Gasteiger partial charge in [0.15, 0.2) is 0 Å². The number of benzene rings is 3. The van der Waals surface area contributed by atoms with Gasteiger partial charge in [0.25, 0.3) is 0 Å². The van der Waals surface area contributed by atoms with Crippen molar-refractivity contribution in [2.45, 2.75) is 13.3 Å². The van der Waals surface area contributed by atoms with E-state index in [0.717, 1.165) is 5.56 Å². The normalized spacial score (nSPS) is 10.2. The third-order valence-corrected chi connectivity index (χ3v) is 4.47. The molecule has 0 unspecified atom stereocenters. The smallest absolute Gasteiger partial charge is 0.315 e. The highest BCUT2D eigenvalue weighted by molar-refractivity contribution is 7.78. The van der Waals surface area contributed by atoms with Crippen LogP contribution in [0, 0.1) is 12.7 Å². The summed E-state index contributed by atoms with van der Waals surface area (Å²) in [5.41, 5.74) is 2.97. The first-order valence-electron chi connectivity index (χ1n) is 8.65. The summed E-state index contributed by atoms with van der Waals surface area (Å²) in [6.45, 7) is 1.91. The molecule has 0 aliphatic rings. The number of anilines is 2. The second-order valence-electron chi connectivity index (χ2n) is 6.23. The van der Waals surface area contributed by atoms with Crippen molar-refractivity contribution < 1.29 is 13.9 Å². The largest absolute Gasteiger partial charge is 0.426 e. The number of ether oxygens (including phenoxy) is 1. The van der Waals surface area contributed by atoms with E-state index >= 15 is 0 Å². The fourth-order valence-electron chi connectivity index (χ4n) is 2.71. The van der Waals surface area contributed by atoms with Gasteiger partial charge in [-0.1, -0.05) is 35.4 Å². The molecule has 0 atom stereocenters. The molecule has 0 bridgehead atoms. The van der Waals surface area contributed by atoms with Crippen LogP contribution in [0.4, 0.5) is 21.5 Å². The lowest BCUT2D eigenvalue weighted by atomic mass is 10.1. The van der Waals surface area contributed by atoms with Crippen LogP contribution in [0.3, 0.4) is 0 Å². The summed E-state index contributed by atoms with van der Waals surface area (Å²) in [6.07, 6.45) is -0.00404. The predicted octanol–water partition coefficient (Wildman–Crippen LogP) is 6.41. The summed E-state index contributed by atoms with van der Waals surface area (Å²) < 4.78 is 19.5. The SMILES string of the molecule is Cc1ccc(Nc2c(F)cccc2Cl)c(CC(=O)Oc2ccc(N=C=S)cc2)c1. The van der Waals surface area contributed by atoms with E-state index in [0.29, 0.717) is 22.7 Å². The van der Waals surface area contributed by atoms with Crippen LogP contribution in [0.15, 0.2) is 65.7 Å². The quantitative estimate of drug-likeness (QED) is 0.214. The molecule has 0 amide bonds. The second-order valence-corrected chi connectivity index (χ2v) is 6.82. The van der Waals surface area contributed by atoms with Crippen LogP contribution in [0.25, 0.3) is 0 Å². The number of nitrogens with zero attached hydrogens (tertiary/aromatic N) is 1. The van der Waals surface area contributed by atoms with E-state index in [1.54, 1.807) is 36.4 Å². The fraction of sp³-hybridized carbons (Fsp3) is 0.0909. The van der Waals surface area contributed by atoms with Gasteiger partial charge in [-0.05, 0) is 67.2 Å². The number of rotatable bonds is 6. The fourth-order valence-corrected chi connectivity index (χ4v) is 3.02. The van der Waals surface area contributed by atoms with E-state index in [-0.39, 0.29) is 17.1 Å². The second kappa shape index (κ2) is 9.43. The summed E-state index contributed by atoms with van der Waals surface area (Å²) in [5.74, 6) is -0.548. The number of carbonyl (C=O) groups excluding carboxylic acids is 1. The zero-order valence-electron chi connectivity index (χ0n) is 15.4. The first-order valence-corrected chi connectivity index (χ1v) is 9.44. The van der Waals surface area contributed by atoms with Gasteiger partial charge < -0.3 is 10.1 Å². The molecule has 0 radical (unpaired) electrons. The highest BCUT2D eigenvalue weighted by Gasteiger charge is 2.14. The molecular weight excluding hydrogens is 411 g/mol. The summed E-state index contributed by atoms with van der Waals surface area (Å²) >= 11 is 10.7. The van der Waals surface area contributed by atoms with Gasteiger partial charge in [-0.15, -0.1) is 0 Å². The molecular formula is C22H16ClFN2O2S. The Balaban J connectivity index is 1.78. The summed E-state index contributed by atoms with van der Waals surface area (Å²) in [6, 6.07) is 16.5. The number of hydrogen-bond donors (Lipinski definition) is 1. The highest BCUT2D eigenvalue weighted by Crippen LogP contribution is 2.30. The summed E-state index contributed by atoms with van der Waals surface area (Å²) in [4.78, 5) is 16.3. The maximum Gasteiger partial charge on any atom is 0.315 e. The number of isothiocyanates is 1. The molecule has 29 heavy (non-hydrogen) atoms. The van der Waals surface area contributed by atoms with Gasteiger partial charge in [0, 0.05) is 5.69 Å². The number of aryl methyl sites for hydroxylation is 1. The van der Waals surface area contributed by atoms with Gasteiger partial charge in [0.05, 0.1) is 28.0 Å². The minimum Gasteiger partial charge on any atom is -0.426 e. The Kier molecular flexibility index (Phi) is 6.73. The highest BCUT2D eigenvalue weighted by atomic mass is 35.5. The first kappa shape index (κ1) is 20.7. The Morgan fingerprint density at radius 2 is 1.97 bits per heavy atom. The Hall–Kier alpha value is -3.05. The number of hydrogen-bond acceptors (Lipinski definition) is 5. The Labute approximate surface area is 178 Å². The average Bonchev–Trinajstić information content (AvgIpc) is 2.68. The number of nitrogens with one attached hydrogen (secondary N) is 1. The van der Waals surface area contributed by atoms with Gasteiger partial charge in [-0.3, -0.25) is 4.79 Å². The van der Waals surface area contributed by atoms with Crippen molar-refractivity contribution in [3.63, 3.8) is 0 Å². The van der Waals surface area contributed by atoms with Crippen molar-refractivity contribution in [2.75, 3.05) is 5.32 Å². The summed E-state index contributed by atoms with van der Waals surface area (Å²) in [7, 11) is 0. The van der Waals surface area contributed by atoms with Crippen LogP contribution in [0.1, 0.15) is 11.1 Å². The lowest BCUT2D eigenvalue weighted by Gasteiger charge is -2.14. The van der Waals surface area contributed by atoms with Crippen LogP contribution in [-0.4, -0.2) is 11.1 Å². The minimum absolute atomic E-state index is 0.00404. The van der Waals surface area contributed by atoms with E-state index in [1.807, 2.05) is 19.1 Å². The topological polar surface area (TPSA) is 50.7 Å². The number of para-hydroxylation sites is 1. The minimum atomic E-state index is -0.481. The number of halogens is 2. The third kappa shape index (κ3) is 5.48. The van der Waals surface area contributed by atoms with Crippen LogP contribution in [-0.2, 0) is 11.2 Å². The number of esters is 1. The van der Waals surface area contributed by atoms with Crippen molar-refractivity contribution in [3.05, 3.63) is 82.6 Å². The number of aliphatic imine (C=N–C) groups is 1. The molecule has 0 fully saturated rings. The van der Waals surface area contributed by atoms with Gasteiger partial charge in [0.2, 0.25) is 0 Å². The molecule has 3 rings (SSSR count). The third-order valence-electron chi connectivity index (χ3n) is 4.06. The molecule has 0 saturated carbocycles.